The molecule has 0 saturated carbocycles. The average Bonchev–Trinajstić information content (AvgIpc) is 3.37. The van der Waals surface area contributed by atoms with Gasteiger partial charge in [-0.1, -0.05) is 6.07 Å². The summed E-state index contributed by atoms with van der Waals surface area (Å²) in [6.45, 7) is 0.0906. The van der Waals surface area contributed by atoms with Crippen molar-refractivity contribution in [2.45, 2.75) is 12.1 Å². The summed E-state index contributed by atoms with van der Waals surface area (Å²) < 4.78 is 25.1. The first kappa shape index (κ1) is 19.6. The van der Waals surface area contributed by atoms with Crippen molar-refractivity contribution >= 4 is 44.7 Å². The maximum atomic E-state index is 13.9. The molecule has 158 valence electrons. The van der Waals surface area contributed by atoms with Crippen LogP contribution in [0.3, 0.4) is 0 Å². The minimum absolute atomic E-state index is 0.102. The first-order valence-corrected chi connectivity index (χ1v) is 10.1. The molecule has 0 aliphatic carbocycles. The van der Waals surface area contributed by atoms with Crippen LogP contribution in [-0.4, -0.2) is 36.4 Å². The van der Waals surface area contributed by atoms with Crippen LogP contribution >= 0.6 is 15.9 Å². The second-order valence-electron chi connectivity index (χ2n) is 7.41. The van der Waals surface area contributed by atoms with Crippen molar-refractivity contribution < 1.29 is 27.9 Å². The number of amides is 4. The van der Waals surface area contributed by atoms with Crippen LogP contribution in [0.5, 0.6) is 5.75 Å². The van der Waals surface area contributed by atoms with E-state index in [9.17, 15) is 18.8 Å². The van der Waals surface area contributed by atoms with E-state index >= 15 is 0 Å². The zero-order valence-corrected chi connectivity index (χ0v) is 17.7. The number of carbonyl (C=O) groups is 3. The summed E-state index contributed by atoms with van der Waals surface area (Å²) in [4.78, 5) is 39.4. The lowest BCUT2D eigenvalue weighted by Gasteiger charge is -2.29. The summed E-state index contributed by atoms with van der Waals surface area (Å²) in [6, 6.07) is 8.73. The molecule has 10 heteroatoms. The highest BCUT2D eigenvalue weighted by Gasteiger charge is 2.53. The topological polar surface area (TPSA) is 101 Å². The molecule has 3 heterocycles. The quantitative estimate of drug-likeness (QED) is 0.550. The van der Waals surface area contributed by atoms with E-state index in [1.807, 2.05) is 0 Å². The van der Waals surface area contributed by atoms with Crippen molar-refractivity contribution in [1.29, 1.82) is 0 Å². The number of nitrogens with one attached hydrogen (secondary N) is 2. The van der Waals surface area contributed by atoms with Crippen LogP contribution in [0.2, 0.25) is 0 Å². The molecule has 1 aromatic heterocycles. The fourth-order valence-electron chi connectivity index (χ4n) is 3.98. The lowest BCUT2D eigenvalue weighted by atomic mass is 9.95. The van der Waals surface area contributed by atoms with Gasteiger partial charge in [0.1, 0.15) is 22.9 Å². The zero-order valence-electron chi connectivity index (χ0n) is 16.1. The molecule has 4 amide bonds. The molecule has 0 unspecified atom stereocenters. The molecule has 8 nitrogen and oxygen atoms in total. The summed E-state index contributed by atoms with van der Waals surface area (Å²) >= 11 is 3.12. The second kappa shape index (κ2) is 6.81. The fourth-order valence-corrected chi connectivity index (χ4v) is 4.34. The van der Waals surface area contributed by atoms with Crippen molar-refractivity contribution in [3.05, 3.63) is 63.6 Å². The van der Waals surface area contributed by atoms with Crippen molar-refractivity contribution in [2.75, 3.05) is 13.7 Å². The van der Waals surface area contributed by atoms with Crippen molar-refractivity contribution in [3.8, 4) is 5.75 Å². The molecule has 3 aromatic rings. The van der Waals surface area contributed by atoms with Crippen molar-refractivity contribution in [3.63, 3.8) is 0 Å². The number of hydrogen-bond acceptors (Lipinski definition) is 5. The van der Waals surface area contributed by atoms with Crippen LogP contribution in [0.1, 0.15) is 21.7 Å². The fraction of sp³-hybridized carbons (Fsp3) is 0.190. The van der Waals surface area contributed by atoms with Crippen molar-refractivity contribution in [2.24, 2.45) is 0 Å². The third kappa shape index (κ3) is 2.97. The average molecular weight is 488 g/mol. The Morgan fingerprint density at radius 2 is 2.03 bits per heavy atom. The number of ether oxygens (including phenoxy) is 1. The van der Waals surface area contributed by atoms with Crippen LogP contribution in [0.25, 0.3) is 11.0 Å². The van der Waals surface area contributed by atoms with Gasteiger partial charge in [0.25, 0.3) is 11.8 Å². The number of halogens is 2. The number of fused-ring (bicyclic) bond motifs is 2. The van der Waals surface area contributed by atoms with Crippen LogP contribution in [0.4, 0.5) is 9.18 Å². The van der Waals surface area contributed by atoms with E-state index in [-0.39, 0.29) is 34.8 Å². The smallest absolute Gasteiger partial charge is 0.322 e. The summed E-state index contributed by atoms with van der Waals surface area (Å²) in [6.07, 6.45) is 0. The number of nitrogens with zero attached hydrogens (tertiary/aromatic N) is 1. The largest absolute Gasteiger partial charge is 0.497 e. The van der Waals surface area contributed by atoms with Crippen LogP contribution < -0.4 is 15.4 Å². The Kier molecular flexibility index (Phi) is 4.30. The normalized spacial score (nSPS) is 20.2. The molecule has 0 spiro atoms. The van der Waals surface area contributed by atoms with Crippen LogP contribution in [0, 0.1) is 5.82 Å². The van der Waals surface area contributed by atoms with Gasteiger partial charge in [-0.25, -0.2) is 9.18 Å². The van der Waals surface area contributed by atoms with Gasteiger partial charge in [0.05, 0.1) is 18.1 Å². The Hall–Kier alpha value is -3.40. The molecule has 2 aliphatic rings. The Labute approximate surface area is 183 Å². The van der Waals surface area contributed by atoms with Gasteiger partial charge in [-0.2, -0.15) is 0 Å². The number of methoxy groups -OCH3 is 1. The molecule has 0 bridgehead atoms. The highest BCUT2D eigenvalue weighted by atomic mass is 79.9. The Balaban J connectivity index is 1.56. The number of urea groups is 1. The number of furan rings is 1. The standard InChI is InChI=1S/C21H15BrFN3O5/c1-30-12-3-2-10-8-26(18(27)13(10)6-12)9-21(19(28)24-20(29)25-21)17-5-11-4-14(22)15(23)7-16(11)31-17/h2-7H,8-9H2,1H3,(H2,24,25,28,29)/t21-/m0/s1. The van der Waals surface area contributed by atoms with Gasteiger partial charge in [-0.3, -0.25) is 14.9 Å². The van der Waals surface area contributed by atoms with Gasteiger partial charge in [-0.05, 0) is 45.8 Å². The Morgan fingerprint density at radius 1 is 1.23 bits per heavy atom. The number of rotatable bonds is 4. The number of benzene rings is 2. The molecule has 2 aromatic carbocycles. The van der Waals surface area contributed by atoms with Gasteiger partial charge in [0.2, 0.25) is 0 Å². The van der Waals surface area contributed by atoms with Crippen molar-refractivity contribution in [1.82, 2.24) is 15.5 Å². The van der Waals surface area contributed by atoms with Gasteiger partial charge >= 0.3 is 6.03 Å². The SMILES string of the molecule is COc1ccc2c(c1)C(=O)N(C[C@@]1(c3cc4cc(Br)c(F)cc4o3)NC(=O)NC1=O)C2. The molecule has 5 rings (SSSR count). The summed E-state index contributed by atoms with van der Waals surface area (Å²) in [7, 11) is 1.51. The Morgan fingerprint density at radius 3 is 2.74 bits per heavy atom. The lowest BCUT2D eigenvalue weighted by Crippen LogP contribution is -2.52. The van der Waals surface area contributed by atoms with E-state index in [1.54, 1.807) is 24.3 Å². The molecular weight excluding hydrogens is 473 g/mol. The summed E-state index contributed by atoms with van der Waals surface area (Å²) in [5, 5.41) is 5.35. The summed E-state index contributed by atoms with van der Waals surface area (Å²) in [5.74, 6) is -0.837. The molecule has 2 aliphatic heterocycles. The van der Waals surface area contributed by atoms with Crippen LogP contribution in [0.15, 0.2) is 45.3 Å². The van der Waals surface area contributed by atoms with E-state index in [4.69, 9.17) is 9.15 Å². The number of imide groups is 1. The van der Waals surface area contributed by atoms with E-state index in [0.29, 0.717) is 16.7 Å². The van der Waals surface area contributed by atoms with Crippen LogP contribution in [-0.2, 0) is 16.9 Å². The third-order valence-corrected chi connectivity index (χ3v) is 6.15. The monoisotopic (exact) mass is 487 g/mol. The second-order valence-corrected chi connectivity index (χ2v) is 8.27. The van der Waals surface area contributed by atoms with E-state index in [2.05, 4.69) is 26.6 Å². The third-order valence-electron chi connectivity index (χ3n) is 5.55. The molecule has 2 N–H and O–H groups in total. The first-order valence-electron chi connectivity index (χ1n) is 9.29. The zero-order chi connectivity index (χ0) is 21.9. The predicted molar refractivity (Wildman–Crippen MR) is 110 cm³/mol. The maximum Gasteiger partial charge on any atom is 0.322 e. The summed E-state index contributed by atoms with van der Waals surface area (Å²) in [5.41, 5.74) is -0.193. The molecule has 31 heavy (non-hydrogen) atoms. The molecule has 1 fully saturated rings. The lowest BCUT2D eigenvalue weighted by molar-refractivity contribution is -0.125. The van der Waals surface area contributed by atoms with E-state index in [1.165, 1.54) is 24.1 Å². The molecular formula is C21H15BrFN3O5. The predicted octanol–water partition coefficient (Wildman–Crippen LogP) is 3.03. The molecule has 0 radical (unpaired) electrons. The van der Waals surface area contributed by atoms with Gasteiger partial charge < -0.3 is 19.4 Å². The number of carbonyl (C=O) groups excluding carboxylic acids is 3. The highest BCUT2D eigenvalue weighted by molar-refractivity contribution is 9.10. The first-order chi connectivity index (χ1) is 14.8. The number of hydrogen-bond donors (Lipinski definition) is 2. The Bertz CT molecular complexity index is 1250. The maximum absolute atomic E-state index is 13.9. The molecule has 1 saturated heterocycles. The van der Waals surface area contributed by atoms with Gasteiger partial charge in [-0.15, -0.1) is 0 Å². The van der Waals surface area contributed by atoms with E-state index < -0.39 is 23.3 Å². The molecule has 1 atom stereocenters. The van der Waals surface area contributed by atoms with E-state index in [0.717, 1.165) is 5.56 Å². The minimum atomic E-state index is -1.65. The highest BCUT2D eigenvalue weighted by Crippen LogP contribution is 2.36. The minimum Gasteiger partial charge on any atom is -0.497 e. The van der Waals surface area contributed by atoms with Gasteiger partial charge in [0.15, 0.2) is 5.54 Å². The van der Waals surface area contributed by atoms with Gasteiger partial charge in [0, 0.05) is 23.6 Å².